The monoisotopic (exact) mass is 750 g/mol. The topological polar surface area (TPSA) is 44.0 Å². The predicted molar refractivity (Wildman–Crippen MR) is 236 cm³/mol. The zero-order valence-corrected chi connectivity index (χ0v) is 32.3. The van der Waals surface area contributed by atoms with Gasteiger partial charge in [0.05, 0.1) is 23.0 Å². The van der Waals surface area contributed by atoms with Gasteiger partial charge >= 0.3 is 0 Å². The molecule has 3 aliphatic carbocycles. The molecule has 0 radical (unpaired) electrons. The molecule has 7 aromatic rings. The second-order valence-electron chi connectivity index (χ2n) is 16.2. The molecule has 5 nitrogen and oxygen atoms in total. The van der Waals surface area contributed by atoms with Crippen molar-refractivity contribution < 1.29 is 4.42 Å². The highest BCUT2D eigenvalue weighted by Crippen LogP contribution is 2.65. The van der Waals surface area contributed by atoms with Crippen molar-refractivity contribution in [3.05, 3.63) is 220 Å². The average molecular weight is 751 g/mol. The van der Waals surface area contributed by atoms with E-state index < -0.39 is 5.41 Å². The molecular weight excluding hydrogens is 709 g/mol. The number of allylic oxidation sites excluding steroid dienone is 5. The number of rotatable bonds is 4. The third-order valence-corrected chi connectivity index (χ3v) is 13.2. The maximum Gasteiger partial charge on any atom is 0.142 e. The van der Waals surface area contributed by atoms with Gasteiger partial charge in [-0.25, -0.2) is 4.99 Å². The normalized spacial score (nSPS) is 21.2. The highest BCUT2D eigenvalue weighted by molar-refractivity contribution is 6.05. The van der Waals surface area contributed by atoms with E-state index in [9.17, 15) is 0 Å². The van der Waals surface area contributed by atoms with Crippen molar-refractivity contribution >= 4 is 45.5 Å². The Morgan fingerprint density at radius 1 is 0.690 bits per heavy atom. The molecule has 12 rings (SSSR count). The molecule has 1 aromatic heterocycles. The zero-order chi connectivity index (χ0) is 38.4. The Balaban J connectivity index is 1.06. The second kappa shape index (κ2) is 12.9. The van der Waals surface area contributed by atoms with E-state index in [4.69, 9.17) is 9.41 Å². The van der Waals surface area contributed by atoms with Gasteiger partial charge in [-0.05, 0) is 90.1 Å². The minimum Gasteiger partial charge on any atom is -0.456 e. The van der Waals surface area contributed by atoms with Crippen LogP contribution >= 0.6 is 0 Å². The van der Waals surface area contributed by atoms with Crippen LogP contribution in [0.1, 0.15) is 76.1 Å². The van der Waals surface area contributed by atoms with Crippen LogP contribution in [0.4, 0.5) is 17.1 Å². The number of hydrogen-bond donors (Lipinski definition) is 1. The van der Waals surface area contributed by atoms with Crippen molar-refractivity contribution in [1.82, 2.24) is 10.2 Å². The number of aliphatic imine (C=N–C) groups is 1. The largest absolute Gasteiger partial charge is 0.456 e. The summed E-state index contributed by atoms with van der Waals surface area (Å²) in [6.07, 6.45) is 12.0. The van der Waals surface area contributed by atoms with Crippen molar-refractivity contribution in [1.29, 1.82) is 0 Å². The van der Waals surface area contributed by atoms with Gasteiger partial charge in [0.1, 0.15) is 23.3 Å². The first-order chi connectivity index (χ1) is 28.7. The molecule has 5 heteroatoms. The summed E-state index contributed by atoms with van der Waals surface area (Å²) in [4.78, 5) is 10.2. The van der Waals surface area contributed by atoms with E-state index in [0.29, 0.717) is 0 Å². The van der Waals surface area contributed by atoms with E-state index >= 15 is 0 Å². The summed E-state index contributed by atoms with van der Waals surface area (Å²) in [5, 5.41) is 5.15. The first-order valence-corrected chi connectivity index (χ1v) is 20.6. The Kier molecular flexibility index (Phi) is 7.45. The van der Waals surface area contributed by atoms with Gasteiger partial charge in [0.2, 0.25) is 0 Å². The first kappa shape index (κ1) is 33.4. The Morgan fingerprint density at radius 2 is 1.36 bits per heavy atom. The quantitative estimate of drug-likeness (QED) is 0.195. The molecule has 6 aromatic carbocycles. The number of amidine groups is 1. The van der Waals surface area contributed by atoms with Crippen LogP contribution in [0.2, 0.25) is 0 Å². The number of benzene rings is 6. The number of para-hydroxylation sites is 3. The van der Waals surface area contributed by atoms with E-state index in [2.05, 4.69) is 198 Å². The molecule has 280 valence electrons. The number of furan rings is 1. The van der Waals surface area contributed by atoms with E-state index in [-0.39, 0.29) is 18.2 Å². The lowest BCUT2D eigenvalue weighted by Crippen LogP contribution is -2.55. The van der Waals surface area contributed by atoms with Gasteiger partial charge in [-0.2, -0.15) is 0 Å². The maximum atomic E-state index is 7.23. The number of fused-ring (bicyclic) bond motifs is 12. The molecule has 3 atom stereocenters. The molecule has 3 heterocycles. The van der Waals surface area contributed by atoms with Crippen molar-refractivity contribution in [2.24, 2.45) is 4.99 Å². The highest BCUT2D eigenvalue weighted by atomic mass is 16.3. The molecule has 5 aliphatic rings. The van der Waals surface area contributed by atoms with E-state index in [1.165, 1.54) is 61.3 Å². The molecule has 0 bridgehead atoms. The third-order valence-electron chi connectivity index (χ3n) is 13.2. The lowest BCUT2D eigenvalue weighted by molar-refractivity contribution is 0.127. The number of nitrogens with one attached hydrogen (secondary N) is 1. The summed E-state index contributed by atoms with van der Waals surface area (Å²) in [6.45, 7) is 0. The van der Waals surface area contributed by atoms with Gasteiger partial charge in [0, 0.05) is 33.7 Å². The number of nitrogens with zero attached hydrogens (tertiary/aromatic N) is 3. The van der Waals surface area contributed by atoms with Crippen LogP contribution in [0.3, 0.4) is 0 Å². The SMILES string of the molecule is CN1C(c2ccccc2)N=C(c2ccccc2)NC1C1CC=Cc2oc3c4c(ccc3c21)C1(C2=C4CCC=C2)c2ccccc2N(c2ccccc2)c2ccccc21. The molecule has 2 aliphatic heterocycles. The van der Waals surface area contributed by atoms with E-state index in [1.807, 2.05) is 0 Å². The van der Waals surface area contributed by atoms with Gasteiger partial charge in [-0.1, -0.05) is 146 Å². The van der Waals surface area contributed by atoms with Crippen LogP contribution in [0.5, 0.6) is 0 Å². The van der Waals surface area contributed by atoms with Gasteiger partial charge in [-0.3, -0.25) is 4.90 Å². The minimum atomic E-state index is -0.494. The lowest BCUT2D eigenvalue weighted by atomic mass is 9.63. The fraction of sp³-hybridized carbons (Fsp3) is 0.151. The van der Waals surface area contributed by atoms with Crippen molar-refractivity contribution in [2.45, 2.75) is 42.9 Å². The lowest BCUT2D eigenvalue weighted by Gasteiger charge is -2.45. The Labute approximate surface area is 339 Å². The van der Waals surface area contributed by atoms with Crippen LogP contribution < -0.4 is 10.2 Å². The third kappa shape index (κ3) is 4.65. The fourth-order valence-electron chi connectivity index (χ4n) is 10.9. The van der Waals surface area contributed by atoms with E-state index in [1.54, 1.807) is 0 Å². The maximum absolute atomic E-state index is 7.23. The standard InChI is InChI=1S/C53H42N4O/c1-56-51(35-20-7-3-8-21-35)54-50(34-18-5-2-6-19-34)55-52(56)39-25-17-31-46-47(39)38-32-33-43-48(49(38)58-46)37-24-11-12-26-40(37)53(43)41-27-13-15-29-44(41)57(36-22-9-4-10-23-36)45-30-16-14-28-42(45)53/h2-10,12-23,26-33,39,51-52H,11,24-25H2,1H3,(H,54,55). The summed E-state index contributed by atoms with van der Waals surface area (Å²) in [6, 6.07) is 55.0. The molecule has 1 spiro atoms. The number of likely N-dealkylation sites (N-methyl/N-ethyl adjacent to an activating group) is 1. The van der Waals surface area contributed by atoms with Crippen LogP contribution in [-0.2, 0) is 5.41 Å². The summed E-state index contributed by atoms with van der Waals surface area (Å²) < 4.78 is 7.23. The van der Waals surface area contributed by atoms with Crippen LogP contribution in [0, 0.1) is 0 Å². The molecule has 1 N–H and O–H groups in total. The van der Waals surface area contributed by atoms with Gasteiger partial charge in [0.25, 0.3) is 0 Å². The van der Waals surface area contributed by atoms with Crippen LogP contribution in [0.15, 0.2) is 185 Å². The first-order valence-electron chi connectivity index (χ1n) is 20.6. The minimum absolute atomic E-state index is 0.0320. The summed E-state index contributed by atoms with van der Waals surface area (Å²) >= 11 is 0. The van der Waals surface area contributed by atoms with Gasteiger partial charge < -0.3 is 14.6 Å². The predicted octanol–water partition coefficient (Wildman–Crippen LogP) is 12.2. The van der Waals surface area contributed by atoms with Crippen molar-refractivity contribution in [2.75, 3.05) is 11.9 Å². The van der Waals surface area contributed by atoms with Gasteiger partial charge in [-0.15, -0.1) is 0 Å². The summed E-state index contributed by atoms with van der Waals surface area (Å²) in [5.41, 5.74) is 15.6. The molecular formula is C53H42N4O. The number of hydrogen-bond acceptors (Lipinski definition) is 5. The fourth-order valence-corrected chi connectivity index (χ4v) is 10.9. The molecule has 0 fully saturated rings. The van der Waals surface area contributed by atoms with Crippen LogP contribution in [-0.4, -0.2) is 23.9 Å². The Hall–Kier alpha value is -6.69. The second-order valence-corrected chi connectivity index (χ2v) is 16.2. The Bertz CT molecular complexity index is 2840. The van der Waals surface area contributed by atoms with Crippen molar-refractivity contribution in [3.63, 3.8) is 0 Å². The van der Waals surface area contributed by atoms with Crippen LogP contribution in [0.25, 0.3) is 22.6 Å². The molecule has 0 saturated heterocycles. The Morgan fingerprint density at radius 3 is 2.10 bits per heavy atom. The molecule has 3 unspecified atom stereocenters. The number of anilines is 3. The molecule has 0 amide bonds. The summed E-state index contributed by atoms with van der Waals surface area (Å²) in [7, 11) is 2.21. The average Bonchev–Trinajstić information content (AvgIpc) is 3.82. The zero-order valence-electron chi connectivity index (χ0n) is 32.3. The molecule has 58 heavy (non-hydrogen) atoms. The molecule has 0 saturated carbocycles. The smallest absolute Gasteiger partial charge is 0.142 e. The van der Waals surface area contributed by atoms with Gasteiger partial charge in [0.15, 0.2) is 0 Å². The van der Waals surface area contributed by atoms with E-state index in [0.717, 1.165) is 47.7 Å². The summed E-state index contributed by atoms with van der Waals surface area (Å²) in [5.74, 6) is 2.01. The highest BCUT2D eigenvalue weighted by Gasteiger charge is 2.53. The van der Waals surface area contributed by atoms with Crippen molar-refractivity contribution in [3.8, 4) is 0 Å².